The molecule has 6 N–H and O–H groups in total. The number of anilines is 1. The van der Waals surface area contributed by atoms with Gasteiger partial charge in [-0.2, -0.15) is 4.98 Å². The molecule has 2 rings (SSSR count). The number of nitrogen functional groups attached to an aromatic ring is 1. The van der Waals surface area contributed by atoms with Crippen LogP contribution < -0.4 is 11.5 Å². The molecule has 2 aromatic rings. The first-order valence-corrected chi connectivity index (χ1v) is 7.50. The fraction of sp³-hybridized carbons (Fsp3) is 0.444. The number of hydrogen-bond donors (Lipinski definition) is 4. The molecule has 0 aliphatic heterocycles. The Balaban J connectivity index is 2.11. The lowest BCUT2D eigenvalue weighted by molar-refractivity contribution is 0.149. The summed E-state index contributed by atoms with van der Waals surface area (Å²) in [7, 11) is -4.15. The quantitative estimate of drug-likeness (QED) is 0.388. The Morgan fingerprint density at radius 2 is 2.15 bits per heavy atom. The van der Waals surface area contributed by atoms with Crippen molar-refractivity contribution in [2.45, 2.75) is 13.1 Å². The van der Waals surface area contributed by atoms with Gasteiger partial charge in [-0.15, -0.1) is 0 Å². The van der Waals surface area contributed by atoms with Gasteiger partial charge < -0.3 is 30.6 Å². The van der Waals surface area contributed by atoms with Gasteiger partial charge in [-0.25, -0.2) is 9.97 Å². The first-order chi connectivity index (χ1) is 9.40. The van der Waals surface area contributed by atoms with Crippen molar-refractivity contribution in [1.29, 1.82) is 0 Å². The van der Waals surface area contributed by atoms with Crippen molar-refractivity contribution in [3.05, 3.63) is 12.0 Å². The highest BCUT2D eigenvalue weighted by Crippen LogP contribution is 2.33. The van der Waals surface area contributed by atoms with Gasteiger partial charge in [0.2, 0.25) is 5.95 Å². The molecule has 0 spiro atoms. The lowest BCUT2D eigenvalue weighted by Gasteiger charge is -2.07. The highest BCUT2D eigenvalue weighted by atomic mass is 31.2. The van der Waals surface area contributed by atoms with Crippen LogP contribution in [0.25, 0.3) is 11.2 Å². The number of aromatic nitrogens is 4. The summed E-state index contributed by atoms with van der Waals surface area (Å²) in [6.45, 7) is 0.629. The van der Waals surface area contributed by atoms with Gasteiger partial charge in [0.1, 0.15) is 11.9 Å². The summed E-state index contributed by atoms with van der Waals surface area (Å²) < 4.78 is 17.2. The topological polar surface area (TPSA) is 162 Å². The van der Waals surface area contributed by atoms with Crippen LogP contribution in [-0.2, 0) is 22.4 Å². The molecule has 0 saturated carbocycles. The Morgan fingerprint density at radius 3 is 2.80 bits per heavy atom. The molecule has 2 heterocycles. The average molecular weight is 302 g/mol. The summed E-state index contributed by atoms with van der Waals surface area (Å²) in [5.74, 6) is 0.0934. The van der Waals surface area contributed by atoms with Gasteiger partial charge in [0, 0.05) is 13.1 Å². The van der Waals surface area contributed by atoms with Crippen LogP contribution in [0.2, 0.25) is 0 Å². The minimum absolute atomic E-state index is 0.0934. The van der Waals surface area contributed by atoms with E-state index in [4.69, 9.17) is 26.0 Å². The van der Waals surface area contributed by atoms with Gasteiger partial charge in [-0.3, -0.25) is 4.57 Å². The SMILES string of the molecule is NCc1nc(N)nc2c1ncn2CCOCP(=O)(O)O. The molecule has 0 amide bonds. The Labute approximate surface area is 113 Å². The van der Waals surface area contributed by atoms with Crippen molar-refractivity contribution in [1.82, 2.24) is 19.5 Å². The first kappa shape index (κ1) is 14.8. The second-order valence-corrected chi connectivity index (χ2v) is 5.63. The normalized spacial score (nSPS) is 12.2. The Morgan fingerprint density at radius 1 is 1.40 bits per heavy atom. The number of rotatable bonds is 6. The smallest absolute Gasteiger partial charge is 0.350 e. The number of ether oxygens (including phenoxy) is 1. The molecule has 0 aromatic carbocycles. The van der Waals surface area contributed by atoms with Crippen LogP contribution in [0.4, 0.5) is 5.95 Å². The van der Waals surface area contributed by atoms with E-state index in [1.54, 1.807) is 4.57 Å². The first-order valence-electron chi connectivity index (χ1n) is 5.70. The third kappa shape index (κ3) is 3.50. The fourth-order valence-corrected chi connectivity index (χ4v) is 2.04. The monoisotopic (exact) mass is 302 g/mol. The second-order valence-electron chi connectivity index (χ2n) is 4.04. The van der Waals surface area contributed by atoms with E-state index in [1.807, 2.05) is 0 Å². The summed E-state index contributed by atoms with van der Waals surface area (Å²) in [5, 5.41) is 0. The van der Waals surface area contributed by atoms with Gasteiger partial charge in [0.25, 0.3) is 0 Å². The highest BCUT2D eigenvalue weighted by molar-refractivity contribution is 7.51. The molecule has 110 valence electrons. The Hall–Kier alpha value is -1.58. The molecule has 0 atom stereocenters. The molecule has 0 fully saturated rings. The molecule has 0 unspecified atom stereocenters. The van der Waals surface area contributed by atoms with Crippen molar-refractivity contribution in [3.63, 3.8) is 0 Å². The molecule has 11 heteroatoms. The number of imidazole rings is 1. The number of hydrogen-bond acceptors (Lipinski definition) is 7. The van der Waals surface area contributed by atoms with Gasteiger partial charge in [-0.05, 0) is 0 Å². The van der Waals surface area contributed by atoms with Crippen molar-refractivity contribution >= 4 is 24.7 Å². The molecule has 0 bridgehead atoms. The standard InChI is InChI=1S/C9H15N6O4P/c10-3-6-7-8(14-9(11)13-6)15(4-12-7)1-2-19-5-20(16,17)18/h4H,1-3,5,10H2,(H2,11,13,14)(H2,16,17,18). The van der Waals surface area contributed by atoms with E-state index in [9.17, 15) is 4.57 Å². The maximum absolute atomic E-state index is 10.6. The summed E-state index contributed by atoms with van der Waals surface area (Å²) >= 11 is 0. The number of nitrogens with two attached hydrogens (primary N) is 2. The van der Waals surface area contributed by atoms with E-state index in [0.717, 1.165) is 0 Å². The lowest BCUT2D eigenvalue weighted by atomic mass is 10.3. The van der Waals surface area contributed by atoms with Crippen molar-refractivity contribution < 1.29 is 19.1 Å². The molecule has 0 aliphatic carbocycles. The van der Waals surface area contributed by atoms with Crippen LogP contribution in [-0.4, -0.2) is 42.3 Å². The molecule has 2 aromatic heterocycles. The van der Waals surface area contributed by atoms with Crippen LogP contribution in [0.5, 0.6) is 0 Å². The van der Waals surface area contributed by atoms with Crippen LogP contribution in [0.15, 0.2) is 6.33 Å². The number of nitrogens with zero attached hydrogens (tertiary/aromatic N) is 4. The van der Waals surface area contributed by atoms with E-state index in [-0.39, 0.29) is 19.1 Å². The zero-order chi connectivity index (χ0) is 14.8. The van der Waals surface area contributed by atoms with E-state index in [1.165, 1.54) is 6.33 Å². The third-order valence-electron chi connectivity index (χ3n) is 2.48. The third-order valence-corrected chi connectivity index (χ3v) is 3.00. The van der Waals surface area contributed by atoms with Crippen molar-refractivity contribution in [2.24, 2.45) is 5.73 Å². The van der Waals surface area contributed by atoms with Crippen LogP contribution in [0.3, 0.4) is 0 Å². The molecular formula is C9H15N6O4P. The molecule has 0 saturated heterocycles. The maximum atomic E-state index is 10.6. The van der Waals surface area contributed by atoms with Crippen molar-refractivity contribution in [2.75, 3.05) is 18.7 Å². The Kier molecular flexibility index (Phi) is 4.31. The van der Waals surface area contributed by atoms with Crippen LogP contribution in [0, 0.1) is 0 Å². The van der Waals surface area contributed by atoms with Gasteiger partial charge in [0.05, 0.1) is 18.6 Å². The van der Waals surface area contributed by atoms with Gasteiger partial charge in [0.15, 0.2) is 5.65 Å². The summed E-state index contributed by atoms with van der Waals surface area (Å²) in [6.07, 6.45) is 0.906. The van der Waals surface area contributed by atoms with Crippen LogP contribution >= 0.6 is 7.60 Å². The fourth-order valence-electron chi connectivity index (χ4n) is 1.67. The van der Waals surface area contributed by atoms with E-state index in [2.05, 4.69) is 15.0 Å². The highest BCUT2D eigenvalue weighted by Gasteiger charge is 2.14. The van der Waals surface area contributed by atoms with E-state index >= 15 is 0 Å². The molecule has 0 radical (unpaired) electrons. The predicted molar refractivity (Wildman–Crippen MR) is 70.5 cm³/mol. The molecular weight excluding hydrogens is 287 g/mol. The average Bonchev–Trinajstić information content (AvgIpc) is 2.75. The van der Waals surface area contributed by atoms with E-state index in [0.29, 0.717) is 23.4 Å². The largest absolute Gasteiger partial charge is 0.368 e. The molecule has 10 nitrogen and oxygen atoms in total. The minimum Gasteiger partial charge on any atom is -0.368 e. The van der Waals surface area contributed by atoms with E-state index < -0.39 is 13.9 Å². The number of fused-ring (bicyclic) bond motifs is 1. The van der Waals surface area contributed by atoms with Gasteiger partial charge >= 0.3 is 7.60 Å². The maximum Gasteiger partial charge on any atom is 0.350 e. The lowest BCUT2D eigenvalue weighted by Crippen LogP contribution is -2.09. The van der Waals surface area contributed by atoms with Crippen LogP contribution in [0.1, 0.15) is 5.69 Å². The Bertz CT molecular complexity index is 653. The predicted octanol–water partition coefficient (Wildman–Crippen LogP) is -0.981. The molecule has 0 aliphatic rings. The van der Waals surface area contributed by atoms with Gasteiger partial charge in [-0.1, -0.05) is 0 Å². The zero-order valence-corrected chi connectivity index (χ0v) is 11.4. The second kappa shape index (κ2) is 5.81. The van der Waals surface area contributed by atoms with Crippen molar-refractivity contribution in [3.8, 4) is 0 Å². The summed E-state index contributed by atoms with van der Waals surface area (Å²) in [6, 6.07) is 0. The summed E-state index contributed by atoms with van der Waals surface area (Å²) in [4.78, 5) is 29.6. The molecule has 20 heavy (non-hydrogen) atoms. The zero-order valence-electron chi connectivity index (χ0n) is 10.5. The summed E-state index contributed by atoms with van der Waals surface area (Å²) in [5.41, 5.74) is 12.8. The minimum atomic E-state index is -4.15.